The minimum atomic E-state index is -0.204. The van der Waals surface area contributed by atoms with Gasteiger partial charge in [0.2, 0.25) is 0 Å². The summed E-state index contributed by atoms with van der Waals surface area (Å²) in [5.41, 5.74) is 2.07. The van der Waals surface area contributed by atoms with E-state index in [0.29, 0.717) is 19.7 Å². The first-order chi connectivity index (χ1) is 13.6. The van der Waals surface area contributed by atoms with E-state index in [4.69, 9.17) is 18.9 Å². The molecule has 1 aromatic rings. The Labute approximate surface area is 190 Å². The molecule has 3 rings (SSSR count). The summed E-state index contributed by atoms with van der Waals surface area (Å²) in [5, 5.41) is 6.78. The first-order valence-electron chi connectivity index (χ1n) is 10.1. The fourth-order valence-corrected chi connectivity index (χ4v) is 3.75. The molecule has 0 bridgehead atoms. The minimum Gasteiger partial charge on any atom is -0.494 e. The van der Waals surface area contributed by atoms with Crippen LogP contribution < -0.4 is 20.1 Å². The Bertz CT molecular complexity index is 693. The Morgan fingerprint density at radius 2 is 2.03 bits per heavy atom. The summed E-state index contributed by atoms with van der Waals surface area (Å²) in [6, 6.07) is 4.19. The Balaban J connectivity index is 0.00000300. The van der Waals surface area contributed by atoms with Crippen LogP contribution in [0.1, 0.15) is 37.8 Å². The molecule has 1 aromatic carbocycles. The predicted molar refractivity (Wildman–Crippen MR) is 125 cm³/mol. The van der Waals surface area contributed by atoms with Crippen molar-refractivity contribution in [2.75, 3.05) is 40.5 Å². The smallest absolute Gasteiger partial charge is 0.191 e. The maximum Gasteiger partial charge on any atom is 0.191 e. The molecule has 0 aliphatic carbocycles. The highest BCUT2D eigenvalue weighted by atomic mass is 127. The average molecular weight is 519 g/mol. The summed E-state index contributed by atoms with van der Waals surface area (Å²) in [4.78, 5) is 4.35. The van der Waals surface area contributed by atoms with Crippen molar-refractivity contribution in [1.29, 1.82) is 0 Å². The number of halogens is 1. The molecule has 8 heteroatoms. The molecule has 164 valence electrons. The van der Waals surface area contributed by atoms with Gasteiger partial charge in [-0.3, -0.25) is 4.99 Å². The molecule has 1 fully saturated rings. The number of rotatable bonds is 7. The number of hydrogen-bond donors (Lipinski definition) is 2. The molecule has 2 N–H and O–H groups in total. The van der Waals surface area contributed by atoms with Crippen LogP contribution in [0.3, 0.4) is 0 Å². The van der Waals surface area contributed by atoms with E-state index in [1.54, 1.807) is 14.2 Å². The number of aliphatic imine (C=N–C) groups is 1. The number of guanidine groups is 1. The van der Waals surface area contributed by atoms with Crippen molar-refractivity contribution in [3.8, 4) is 11.5 Å². The molecule has 1 unspecified atom stereocenters. The molecule has 7 nitrogen and oxygen atoms in total. The lowest BCUT2D eigenvalue weighted by Gasteiger charge is -2.36. The second kappa shape index (κ2) is 11.2. The molecule has 0 aromatic heterocycles. The van der Waals surface area contributed by atoms with E-state index in [9.17, 15) is 0 Å². The van der Waals surface area contributed by atoms with Crippen LogP contribution in [0.5, 0.6) is 11.5 Å². The van der Waals surface area contributed by atoms with Crippen molar-refractivity contribution >= 4 is 29.9 Å². The van der Waals surface area contributed by atoms with Crippen LogP contribution in [0.2, 0.25) is 0 Å². The zero-order valence-electron chi connectivity index (χ0n) is 17.9. The Kier molecular flexibility index (Phi) is 9.29. The second-order valence-electron chi connectivity index (χ2n) is 7.41. The third kappa shape index (κ3) is 6.11. The van der Waals surface area contributed by atoms with E-state index in [1.807, 2.05) is 6.92 Å². The van der Waals surface area contributed by atoms with Gasteiger partial charge < -0.3 is 29.6 Å². The minimum absolute atomic E-state index is 0. The number of methoxy groups -OCH3 is 1. The van der Waals surface area contributed by atoms with Gasteiger partial charge in [-0.2, -0.15) is 0 Å². The molecule has 0 saturated carbocycles. The second-order valence-corrected chi connectivity index (χ2v) is 7.41. The van der Waals surface area contributed by atoms with Crippen LogP contribution in [-0.2, 0) is 22.4 Å². The summed E-state index contributed by atoms with van der Waals surface area (Å²) in [7, 11) is 3.54. The lowest BCUT2D eigenvalue weighted by Crippen LogP contribution is -2.50. The number of fused-ring (bicyclic) bond motifs is 1. The van der Waals surface area contributed by atoms with Crippen molar-refractivity contribution < 1.29 is 18.9 Å². The topological polar surface area (TPSA) is 73.3 Å². The quantitative estimate of drug-likeness (QED) is 0.328. The van der Waals surface area contributed by atoms with Crippen molar-refractivity contribution in [3.63, 3.8) is 0 Å². The molecule has 1 atom stereocenters. The van der Waals surface area contributed by atoms with Crippen LogP contribution >= 0.6 is 24.0 Å². The lowest BCUT2D eigenvalue weighted by molar-refractivity contribution is -0.0855. The van der Waals surface area contributed by atoms with Crippen molar-refractivity contribution in [1.82, 2.24) is 10.6 Å². The summed E-state index contributed by atoms with van der Waals surface area (Å²) >= 11 is 0. The SMILES string of the molecule is CCOc1cc2c(cc1CNC(=NC)NCC1(OC)CCOCC1)OC(C)C2.I. The van der Waals surface area contributed by atoms with E-state index in [-0.39, 0.29) is 35.7 Å². The van der Waals surface area contributed by atoms with Gasteiger partial charge in [0.15, 0.2) is 5.96 Å². The molecule has 29 heavy (non-hydrogen) atoms. The molecular formula is C21H34IN3O4. The van der Waals surface area contributed by atoms with Gasteiger partial charge in [0.1, 0.15) is 17.6 Å². The molecule has 1 saturated heterocycles. The van der Waals surface area contributed by atoms with Gasteiger partial charge in [0, 0.05) is 70.9 Å². The predicted octanol–water partition coefficient (Wildman–Crippen LogP) is 2.89. The van der Waals surface area contributed by atoms with Crippen molar-refractivity contribution in [2.24, 2.45) is 4.99 Å². The first kappa shape index (κ1) is 24.0. The van der Waals surface area contributed by atoms with E-state index >= 15 is 0 Å². The summed E-state index contributed by atoms with van der Waals surface area (Å²) in [5.74, 6) is 2.59. The van der Waals surface area contributed by atoms with E-state index in [1.165, 1.54) is 5.56 Å². The zero-order valence-corrected chi connectivity index (χ0v) is 20.2. The Morgan fingerprint density at radius 3 is 2.69 bits per heavy atom. The molecule has 2 heterocycles. The molecular weight excluding hydrogens is 485 g/mol. The summed E-state index contributed by atoms with van der Waals surface area (Å²) < 4.78 is 23.0. The first-order valence-corrected chi connectivity index (χ1v) is 10.1. The Morgan fingerprint density at radius 1 is 1.28 bits per heavy atom. The standard InChI is InChI=1S/C21H33N3O4.HI/c1-5-27-18-11-16-10-15(2)28-19(16)12-17(18)13-23-20(22-3)24-14-21(25-4)6-8-26-9-7-21;/h11-12,15H,5-10,13-14H2,1-4H3,(H2,22,23,24);1H. The molecule has 0 spiro atoms. The fraction of sp³-hybridized carbons (Fsp3) is 0.667. The summed E-state index contributed by atoms with van der Waals surface area (Å²) in [6.07, 6.45) is 2.90. The van der Waals surface area contributed by atoms with Gasteiger partial charge in [-0.05, 0) is 26.0 Å². The highest BCUT2D eigenvalue weighted by Crippen LogP contribution is 2.35. The number of nitrogens with zero attached hydrogens (tertiary/aromatic N) is 1. The van der Waals surface area contributed by atoms with Crippen molar-refractivity contribution in [3.05, 3.63) is 23.3 Å². The van der Waals surface area contributed by atoms with Gasteiger partial charge in [-0.1, -0.05) is 0 Å². The molecule has 0 radical (unpaired) electrons. The maximum absolute atomic E-state index is 5.91. The van der Waals surface area contributed by atoms with Gasteiger partial charge in [-0.25, -0.2) is 0 Å². The fourth-order valence-electron chi connectivity index (χ4n) is 3.75. The third-order valence-electron chi connectivity index (χ3n) is 5.46. The third-order valence-corrected chi connectivity index (χ3v) is 5.46. The monoisotopic (exact) mass is 519 g/mol. The van der Waals surface area contributed by atoms with E-state index in [2.05, 4.69) is 34.7 Å². The van der Waals surface area contributed by atoms with E-state index < -0.39 is 0 Å². The van der Waals surface area contributed by atoms with E-state index in [0.717, 1.165) is 55.5 Å². The number of nitrogens with one attached hydrogen (secondary N) is 2. The van der Waals surface area contributed by atoms with Gasteiger partial charge >= 0.3 is 0 Å². The van der Waals surface area contributed by atoms with Gasteiger partial charge in [-0.15, -0.1) is 24.0 Å². The van der Waals surface area contributed by atoms with Crippen LogP contribution in [0.15, 0.2) is 17.1 Å². The molecule has 0 amide bonds. The van der Waals surface area contributed by atoms with Crippen LogP contribution in [0, 0.1) is 0 Å². The Hall–Kier alpha value is -1.26. The summed E-state index contributed by atoms with van der Waals surface area (Å²) in [6.45, 7) is 7.47. The molecule has 2 aliphatic heterocycles. The zero-order chi connectivity index (χ0) is 20.0. The largest absolute Gasteiger partial charge is 0.494 e. The average Bonchev–Trinajstić information content (AvgIpc) is 3.07. The number of hydrogen-bond acceptors (Lipinski definition) is 5. The van der Waals surface area contributed by atoms with Crippen LogP contribution in [0.4, 0.5) is 0 Å². The lowest BCUT2D eigenvalue weighted by atomic mass is 9.94. The van der Waals surface area contributed by atoms with Crippen molar-refractivity contribution in [2.45, 2.75) is 51.4 Å². The van der Waals surface area contributed by atoms with Crippen LogP contribution in [-0.4, -0.2) is 58.2 Å². The normalized spacial score (nSPS) is 20.3. The highest BCUT2D eigenvalue weighted by Gasteiger charge is 2.32. The van der Waals surface area contributed by atoms with Gasteiger partial charge in [0.25, 0.3) is 0 Å². The van der Waals surface area contributed by atoms with Gasteiger partial charge in [0.05, 0.1) is 12.2 Å². The highest BCUT2D eigenvalue weighted by molar-refractivity contribution is 14.0. The maximum atomic E-state index is 5.91. The molecule has 2 aliphatic rings. The number of benzene rings is 1. The number of ether oxygens (including phenoxy) is 4. The van der Waals surface area contributed by atoms with Crippen LogP contribution in [0.25, 0.3) is 0 Å².